The molecule has 1 aliphatic heterocycles. The molecule has 1 amide bonds. The van der Waals surface area contributed by atoms with Gasteiger partial charge in [0.2, 0.25) is 0 Å². The predicted octanol–water partition coefficient (Wildman–Crippen LogP) is 4.36. The van der Waals surface area contributed by atoms with Gasteiger partial charge in [0.15, 0.2) is 6.61 Å². The maximum atomic E-state index is 13.3. The summed E-state index contributed by atoms with van der Waals surface area (Å²) in [5, 5.41) is -0.648. The van der Waals surface area contributed by atoms with Crippen molar-refractivity contribution in [2.24, 2.45) is 0 Å². The summed E-state index contributed by atoms with van der Waals surface area (Å²) in [6.45, 7) is 0.202. The fourth-order valence-electron chi connectivity index (χ4n) is 2.70. The largest absolute Gasteiger partial charge is 0.484 e. The molecule has 1 aliphatic rings. The lowest BCUT2D eigenvalue weighted by Gasteiger charge is -2.26. The number of benzene rings is 2. The molecule has 2 aromatic rings. The number of carbonyl (C=O) groups is 1. The maximum absolute atomic E-state index is 13.3. The first kappa shape index (κ1) is 17.7. The molecule has 1 fully saturated rings. The third kappa shape index (κ3) is 4.10. The monoisotopic (exact) mass is 367 g/mol. The number of thioether (sulfide) groups is 1. The number of halogens is 3. The Kier molecular flexibility index (Phi) is 5.22. The SMILES string of the molecule is O=C(COc1ccccc1)N1CCS[C@@H]1c1ccccc1C(F)(F)F. The van der Waals surface area contributed by atoms with Crippen LogP contribution in [0.2, 0.25) is 0 Å². The lowest BCUT2D eigenvalue weighted by atomic mass is 10.1. The van der Waals surface area contributed by atoms with E-state index >= 15 is 0 Å². The molecule has 1 atom stereocenters. The molecule has 0 bridgehead atoms. The van der Waals surface area contributed by atoms with Crippen molar-refractivity contribution in [3.63, 3.8) is 0 Å². The van der Waals surface area contributed by atoms with E-state index in [1.165, 1.54) is 28.8 Å². The van der Waals surface area contributed by atoms with Gasteiger partial charge in [-0.05, 0) is 23.8 Å². The molecule has 3 rings (SSSR count). The fraction of sp³-hybridized carbons (Fsp3) is 0.278. The third-order valence-electron chi connectivity index (χ3n) is 3.85. The van der Waals surface area contributed by atoms with E-state index in [2.05, 4.69) is 0 Å². The van der Waals surface area contributed by atoms with Crippen LogP contribution in [0.25, 0.3) is 0 Å². The van der Waals surface area contributed by atoms with Crippen LogP contribution in [0, 0.1) is 0 Å². The summed E-state index contributed by atoms with van der Waals surface area (Å²) in [4.78, 5) is 13.9. The highest BCUT2D eigenvalue weighted by atomic mass is 32.2. The van der Waals surface area contributed by atoms with Gasteiger partial charge in [-0.2, -0.15) is 13.2 Å². The average molecular weight is 367 g/mol. The van der Waals surface area contributed by atoms with Crippen molar-refractivity contribution in [1.82, 2.24) is 4.90 Å². The Balaban J connectivity index is 1.76. The van der Waals surface area contributed by atoms with Gasteiger partial charge < -0.3 is 9.64 Å². The molecule has 0 aliphatic carbocycles. The third-order valence-corrected chi connectivity index (χ3v) is 5.09. The van der Waals surface area contributed by atoms with E-state index in [4.69, 9.17) is 4.74 Å². The van der Waals surface area contributed by atoms with Crippen LogP contribution in [0.1, 0.15) is 16.5 Å². The zero-order valence-electron chi connectivity index (χ0n) is 13.2. The first-order valence-corrected chi connectivity index (χ1v) is 8.77. The average Bonchev–Trinajstić information content (AvgIpc) is 3.09. The van der Waals surface area contributed by atoms with Crippen molar-refractivity contribution in [1.29, 1.82) is 0 Å². The van der Waals surface area contributed by atoms with Gasteiger partial charge in [0.25, 0.3) is 5.91 Å². The van der Waals surface area contributed by atoms with Crippen molar-refractivity contribution < 1.29 is 22.7 Å². The molecule has 132 valence electrons. The van der Waals surface area contributed by atoms with Crippen LogP contribution in [0.3, 0.4) is 0 Å². The van der Waals surface area contributed by atoms with E-state index < -0.39 is 17.1 Å². The highest BCUT2D eigenvalue weighted by Crippen LogP contribution is 2.43. The molecule has 0 spiro atoms. The summed E-state index contributed by atoms with van der Waals surface area (Å²) < 4.78 is 45.2. The van der Waals surface area contributed by atoms with E-state index in [-0.39, 0.29) is 18.1 Å². The number of amides is 1. The minimum atomic E-state index is -4.45. The number of alkyl halides is 3. The molecule has 25 heavy (non-hydrogen) atoms. The summed E-state index contributed by atoms with van der Waals surface area (Å²) in [6, 6.07) is 14.3. The minimum Gasteiger partial charge on any atom is -0.484 e. The van der Waals surface area contributed by atoms with Gasteiger partial charge in [-0.1, -0.05) is 36.4 Å². The van der Waals surface area contributed by atoms with E-state index in [1.54, 1.807) is 30.3 Å². The Morgan fingerprint density at radius 3 is 2.52 bits per heavy atom. The van der Waals surface area contributed by atoms with Crippen LogP contribution in [-0.2, 0) is 11.0 Å². The molecule has 1 saturated heterocycles. The molecule has 2 aromatic carbocycles. The molecule has 1 heterocycles. The summed E-state index contributed by atoms with van der Waals surface area (Å²) in [5.41, 5.74) is -0.582. The second-order valence-electron chi connectivity index (χ2n) is 5.50. The second-order valence-corrected chi connectivity index (χ2v) is 6.69. The Hall–Kier alpha value is -2.15. The van der Waals surface area contributed by atoms with E-state index in [9.17, 15) is 18.0 Å². The molecule has 0 aromatic heterocycles. The molecule has 3 nitrogen and oxygen atoms in total. The lowest BCUT2D eigenvalue weighted by molar-refractivity contribution is -0.140. The number of hydrogen-bond donors (Lipinski definition) is 0. The molecule has 0 saturated carbocycles. The van der Waals surface area contributed by atoms with Crippen LogP contribution in [0.15, 0.2) is 54.6 Å². The summed E-state index contributed by atoms with van der Waals surface area (Å²) in [7, 11) is 0. The van der Waals surface area contributed by atoms with Crippen LogP contribution < -0.4 is 4.74 Å². The number of para-hydroxylation sites is 1. The molecular formula is C18H16F3NO2S. The summed E-state index contributed by atoms with van der Waals surface area (Å²) in [6.07, 6.45) is -4.45. The van der Waals surface area contributed by atoms with E-state index in [1.807, 2.05) is 6.07 Å². The standard InChI is InChI=1S/C18H16F3NO2S/c19-18(20,21)15-9-5-4-8-14(15)17-22(10-11-25-17)16(23)12-24-13-6-2-1-3-7-13/h1-9,17H,10-12H2/t17-/m1/s1. The smallest absolute Gasteiger partial charge is 0.416 e. The normalized spacial score (nSPS) is 17.6. The van der Waals surface area contributed by atoms with Gasteiger partial charge in [-0.15, -0.1) is 11.8 Å². The number of rotatable bonds is 4. The quantitative estimate of drug-likeness (QED) is 0.804. The van der Waals surface area contributed by atoms with Gasteiger partial charge in [-0.25, -0.2) is 0 Å². The van der Waals surface area contributed by atoms with Crippen LogP contribution in [-0.4, -0.2) is 29.7 Å². The van der Waals surface area contributed by atoms with Gasteiger partial charge in [0.1, 0.15) is 11.1 Å². The minimum absolute atomic E-state index is 0.116. The van der Waals surface area contributed by atoms with Crippen LogP contribution in [0.4, 0.5) is 13.2 Å². The molecule has 0 N–H and O–H groups in total. The number of nitrogens with zero attached hydrogens (tertiary/aromatic N) is 1. The first-order valence-electron chi connectivity index (χ1n) is 7.72. The zero-order chi connectivity index (χ0) is 17.9. The number of carbonyl (C=O) groups excluding carboxylic acids is 1. The Morgan fingerprint density at radius 2 is 1.80 bits per heavy atom. The van der Waals surface area contributed by atoms with Gasteiger partial charge in [-0.3, -0.25) is 4.79 Å². The second kappa shape index (κ2) is 7.39. The van der Waals surface area contributed by atoms with Crippen molar-refractivity contribution in [3.8, 4) is 5.75 Å². The highest BCUT2D eigenvalue weighted by Gasteiger charge is 2.39. The van der Waals surface area contributed by atoms with E-state index in [0.29, 0.717) is 18.0 Å². The maximum Gasteiger partial charge on any atom is 0.416 e. The van der Waals surface area contributed by atoms with Crippen molar-refractivity contribution in [3.05, 3.63) is 65.7 Å². The summed E-state index contributed by atoms with van der Waals surface area (Å²) >= 11 is 1.33. The topological polar surface area (TPSA) is 29.5 Å². The van der Waals surface area contributed by atoms with Crippen LogP contribution in [0.5, 0.6) is 5.75 Å². The number of hydrogen-bond acceptors (Lipinski definition) is 3. The molecular weight excluding hydrogens is 351 g/mol. The fourth-order valence-corrected chi connectivity index (χ4v) is 4.01. The summed E-state index contributed by atoms with van der Waals surface area (Å²) in [5.74, 6) is 0.819. The Morgan fingerprint density at radius 1 is 1.12 bits per heavy atom. The Labute approximate surface area is 147 Å². The van der Waals surface area contributed by atoms with Crippen molar-refractivity contribution in [2.45, 2.75) is 11.6 Å². The Bertz CT molecular complexity index is 737. The molecule has 0 radical (unpaired) electrons. The van der Waals surface area contributed by atoms with E-state index in [0.717, 1.165) is 6.07 Å². The van der Waals surface area contributed by atoms with Gasteiger partial charge in [0, 0.05) is 12.3 Å². The lowest BCUT2D eigenvalue weighted by Crippen LogP contribution is -2.35. The van der Waals surface area contributed by atoms with Crippen LogP contribution >= 0.6 is 11.8 Å². The first-order chi connectivity index (χ1) is 12.0. The highest BCUT2D eigenvalue weighted by molar-refractivity contribution is 7.99. The molecule has 7 heteroatoms. The van der Waals surface area contributed by atoms with Gasteiger partial charge >= 0.3 is 6.18 Å². The van der Waals surface area contributed by atoms with Gasteiger partial charge in [0.05, 0.1) is 5.56 Å². The number of ether oxygens (including phenoxy) is 1. The molecule has 0 unspecified atom stereocenters. The zero-order valence-corrected chi connectivity index (χ0v) is 14.0. The predicted molar refractivity (Wildman–Crippen MR) is 90.3 cm³/mol. The van der Waals surface area contributed by atoms with Crippen molar-refractivity contribution >= 4 is 17.7 Å². The van der Waals surface area contributed by atoms with Crippen molar-refractivity contribution in [2.75, 3.05) is 18.9 Å².